The van der Waals surface area contributed by atoms with E-state index < -0.39 is 60.7 Å². The van der Waals surface area contributed by atoms with Gasteiger partial charge in [0.15, 0.2) is 0 Å². The van der Waals surface area contributed by atoms with Gasteiger partial charge in [-0.25, -0.2) is 4.90 Å². The highest BCUT2D eigenvalue weighted by atomic mass is 35.5. The van der Waals surface area contributed by atoms with E-state index in [9.17, 15) is 49.1 Å². The first-order chi connectivity index (χ1) is 24.0. The van der Waals surface area contributed by atoms with E-state index >= 15 is 0 Å². The summed E-state index contributed by atoms with van der Waals surface area (Å²) in [4.78, 5) is 25.5. The number of anilines is 1. The lowest BCUT2D eigenvalue weighted by molar-refractivity contribution is -0.428. The van der Waals surface area contributed by atoms with Crippen molar-refractivity contribution in [3.8, 4) is 5.75 Å². The number of carbonyl (C=O) groups excluding carboxylic acids is 2. The number of ether oxygens (including phenoxy) is 1. The number of nitrogens with zero attached hydrogens (tertiary/aromatic N) is 1. The Morgan fingerprint density at radius 3 is 1.45 bits per heavy atom. The molecule has 0 N–H and O–H groups in total. The van der Waals surface area contributed by atoms with Crippen LogP contribution in [0, 0.1) is 0 Å². The standard InChI is InChI=1S/C18H7ClF9NO3.C18H15P/c19-8-2-1-3-9(6-8)29-13(30)11-5-4-10(7-12(11)14(29)31)32-18(27,28)16(22,23)15(20,21)17(24,25)26;1-4-10-16(11-5-1)19(17-12-6-2-7-13-17)18-14-8-3-9-15-18/h1-7H;1-15H. The molecule has 4 nitrogen and oxygen atoms in total. The molecule has 0 unspecified atom stereocenters. The number of hydrogen-bond acceptors (Lipinski definition) is 3. The number of imide groups is 1. The van der Waals surface area contributed by atoms with Crippen molar-refractivity contribution in [3.63, 3.8) is 0 Å². The van der Waals surface area contributed by atoms with Crippen molar-refractivity contribution in [3.05, 3.63) is 150 Å². The fourth-order valence-corrected chi connectivity index (χ4v) is 7.37. The molecule has 0 bridgehead atoms. The molecule has 0 saturated heterocycles. The Hall–Kier alpha value is -4.87. The molecule has 0 spiro atoms. The maximum absolute atomic E-state index is 13.7. The average molecular weight is 754 g/mol. The highest BCUT2D eigenvalue weighted by Gasteiger charge is 2.83. The summed E-state index contributed by atoms with van der Waals surface area (Å²) in [7, 11) is -0.446. The first-order valence-corrected chi connectivity index (χ1v) is 16.3. The predicted octanol–water partition coefficient (Wildman–Crippen LogP) is 9.39. The third-order valence-corrected chi connectivity index (χ3v) is 10.0. The van der Waals surface area contributed by atoms with Crippen LogP contribution in [0.3, 0.4) is 0 Å². The molecule has 0 aliphatic carbocycles. The molecule has 2 amide bonds. The SMILES string of the molecule is O=C1c2ccc(OC(F)(F)C(F)(F)C(F)(F)C(F)(F)F)cc2C(=O)N1c1cccc(Cl)c1.c1ccc(P(c2ccccc2)c2ccccc2)cc1. The largest absolute Gasteiger partial charge is 0.471 e. The molecule has 0 saturated carbocycles. The van der Waals surface area contributed by atoms with Crippen molar-refractivity contribution < 1.29 is 53.8 Å². The third kappa shape index (κ3) is 7.45. The number of amides is 2. The molecule has 0 radical (unpaired) electrons. The summed E-state index contributed by atoms with van der Waals surface area (Å²) < 4.78 is 120. The van der Waals surface area contributed by atoms with Crippen molar-refractivity contribution in [2.75, 3.05) is 4.90 Å². The van der Waals surface area contributed by atoms with Crippen molar-refractivity contribution in [2.45, 2.75) is 24.1 Å². The second-order valence-electron chi connectivity index (χ2n) is 10.7. The lowest BCUT2D eigenvalue weighted by Crippen LogP contribution is -2.62. The first kappa shape index (κ1) is 37.4. The maximum atomic E-state index is 13.7. The van der Waals surface area contributed by atoms with Crippen LogP contribution in [0.2, 0.25) is 5.02 Å². The Bertz CT molecular complexity index is 1920. The molecule has 1 heterocycles. The van der Waals surface area contributed by atoms with Crippen LogP contribution in [0.15, 0.2) is 133 Å². The summed E-state index contributed by atoms with van der Waals surface area (Å²) in [6.07, 6.45) is -13.4. The smallest absolute Gasteiger partial charge is 0.428 e. The molecule has 1 aliphatic rings. The maximum Gasteiger partial charge on any atom is 0.471 e. The zero-order chi connectivity index (χ0) is 37.2. The minimum Gasteiger partial charge on any atom is -0.428 e. The topological polar surface area (TPSA) is 46.6 Å². The quantitative estimate of drug-likeness (QED) is 0.0902. The van der Waals surface area contributed by atoms with Gasteiger partial charge in [0.25, 0.3) is 11.8 Å². The number of fused-ring (bicyclic) bond motifs is 1. The number of alkyl halides is 9. The van der Waals surface area contributed by atoms with Crippen LogP contribution in [0.1, 0.15) is 20.7 Å². The van der Waals surface area contributed by atoms with E-state index in [0.717, 1.165) is 0 Å². The first-order valence-electron chi connectivity index (χ1n) is 14.6. The van der Waals surface area contributed by atoms with Crippen LogP contribution >= 0.6 is 19.5 Å². The second kappa shape index (κ2) is 14.4. The summed E-state index contributed by atoms with van der Waals surface area (Å²) in [5, 5.41) is 4.32. The van der Waals surface area contributed by atoms with Gasteiger partial charge in [0.1, 0.15) is 5.75 Å². The van der Waals surface area contributed by atoms with Gasteiger partial charge in [-0.15, -0.1) is 0 Å². The zero-order valence-corrected chi connectivity index (χ0v) is 27.3. The van der Waals surface area contributed by atoms with Gasteiger partial charge in [0, 0.05) is 5.02 Å². The average Bonchev–Trinajstić information content (AvgIpc) is 3.34. The summed E-state index contributed by atoms with van der Waals surface area (Å²) in [5.41, 5.74) is -1.07. The van der Waals surface area contributed by atoms with Gasteiger partial charge in [-0.3, -0.25) is 9.59 Å². The summed E-state index contributed by atoms with van der Waals surface area (Å²) in [6.45, 7) is 0. The van der Waals surface area contributed by atoms with Crippen LogP contribution in [0.4, 0.5) is 45.2 Å². The Balaban J connectivity index is 0.000000224. The molecule has 1 aliphatic heterocycles. The summed E-state index contributed by atoms with van der Waals surface area (Å²) in [5.74, 6) is -17.6. The van der Waals surface area contributed by atoms with E-state index in [1.807, 2.05) is 0 Å². The van der Waals surface area contributed by atoms with Crippen LogP contribution in [0.25, 0.3) is 0 Å². The van der Waals surface area contributed by atoms with Gasteiger partial charge in [-0.1, -0.05) is 109 Å². The normalized spacial score (nSPS) is 13.5. The molecule has 5 aromatic rings. The lowest BCUT2D eigenvalue weighted by atomic mass is 10.1. The summed E-state index contributed by atoms with van der Waals surface area (Å²) in [6, 6.07) is 39.1. The van der Waals surface area contributed by atoms with Crippen molar-refractivity contribution in [1.29, 1.82) is 0 Å². The van der Waals surface area contributed by atoms with Crippen LogP contribution < -0.4 is 25.6 Å². The highest BCUT2D eigenvalue weighted by molar-refractivity contribution is 7.79. The van der Waals surface area contributed by atoms with E-state index in [1.54, 1.807) is 0 Å². The van der Waals surface area contributed by atoms with Crippen LogP contribution in [-0.4, -0.2) is 35.9 Å². The van der Waals surface area contributed by atoms with Gasteiger partial charge in [-0.05, 0) is 60.2 Å². The van der Waals surface area contributed by atoms with Gasteiger partial charge < -0.3 is 4.74 Å². The third-order valence-electron chi connectivity index (χ3n) is 7.33. The van der Waals surface area contributed by atoms with Gasteiger partial charge in [0.05, 0.1) is 16.8 Å². The minimum absolute atomic E-state index is 0.0344. The minimum atomic E-state index is -7.14. The molecular weight excluding hydrogens is 732 g/mol. The molecule has 15 heteroatoms. The van der Waals surface area contributed by atoms with E-state index in [1.165, 1.54) is 40.2 Å². The fourth-order valence-electron chi connectivity index (χ4n) is 4.88. The molecule has 5 aromatic carbocycles. The Morgan fingerprint density at radius 2 is 1.00 bits per heavy atom. The predicted molar refractivity (Wildman–Crippen MR) is 176 cm³/mol. The molecule has 0 aromatic heterocycles. The number of benzene rings is 5. The van der Waals surface area contributed by atoms with Crippen LogP contribution in [-0.2, 0) is 0 Å². The van der Waals surface area contributed by atoms with Crippen molar-refractivity contribution in [1.82, 2.24) is 0 Å². The Labute approximate surface area is 290 Å². The van der Waals surface area contributed by atoms with Gasteiger partial charge >= 0.3 is 24.1 Å². The molecule has 264 valence electrons. The van der Waals surface area contributed by atoms with E-state index in [0.29, 0.717) is 23.1 Å². The van der Waals surface area contributed by atoms with Crippen LogP contribution in [0.5, 0.6) is 5.75 Å². The van der Waals surface area contributed by atoms with Crippen molar-refractivity contribution >= 4 is 52.9 Å². The monoisotopic (exact) mass is 753 g/mol. The molecular formula is C36H22ClF9NO3P. The second-order valence-corrected chi connectivity index (χ2v) is 13.4. The number of rotatable bonds is 8. The summed E-state index contributed by atoms with van der Waals surface area (Å²) >= 11 is 5.77. The lowest BCUT2D eigenvalue weighted by Gasteiger charge is -2.33. The highest BCUT2D eigenvalue weighted by Crippen LogP contribution is 2.53. The van der Waals surface area contributed by atoms with Gasteiger partial charge in [-0.2, -0.15) is 39.5 Å². The molecule has 6 rings (SSSR count). The number of halogens is 10. The zero-order valence-electron chi connectivity index (χ0n) is 25.6. The van der Waals surface area contributed by atoms with Crippen molar-refractivity contribution in [2.24, 2.45) is 0 Å². The van der Waals surface area contributed by atoms with E-state index in [-0.39, 0.29) is 10.7 Å². The molecule has 0 fully saturated rings. The fraction of sp³-hybridized carbons (Fsp3) is 0.111. The van der Waals surface area contributed by atoms with E-state index in [2.05, 4.69) is 95.7 Å². The van der Waals surface area contributed by atoms with Gasteiger partial charge in [0.2, 0.25) is 0 Å². The molecule has 0 atom stereocenters. The number of hydrogen-bond donors (Lipinski definition) is 0. The Morgan fingerprint density at radius 1 is 0.529 bits per heavy atom. The van der Waals surface area contributed by atoms with E-state index in [4.69, 9.17) is 11.6 Å². The Kier molecular flexibility index (Phi) is 10.6. The number of carbonyl (C=O) groups is 2. The molecule has 51 heavy (non-hydrogen) atoms.